The van der Waals surface area contributed by atoms with Crippen molar-refractivity contribution in [1.29, 1.82) is 0 Å². The molecule has 0 spiro atoms. The Bertz CT molecular complexity index is 482. The van der Waals surface area contributed by atoms with E-state index in [1.54, 1.807) is 6.07 Å². The van der Waals surface area contributed by atoms with Crippen molar-refractivity contribution < 1.29 is 8.42 Å². The van der Waals surface area contributed by atoms with Crippen molar-refractivity contribution in [2.24, 2.45) is 5.73 Å². The topological polar surface area (TPSA) is 85.1 Å². The number of nitrogens with zero attached hydrogens (tertiary/aromatic N) is 1. The van der Waals surface area contributed by atoms with E-state index in [-0.39, 0.29) is 5.03 Å². The molecule has 1 aliphatic rings. The number of pyridine rings is 1. The summed E-state index contributed by atoms with van der Waals surface area (Å²) in [7, 11) is -3.49. The number of nitrogens with one attached hydrogen (secondary N) is 1. The average Bonchev–Trinajstić information content (AvgIpc) is 2.90. The van der Waals surface area contributed by atoms with Gasteiger partial charge in [0.25, 0.3) is 10.0 Å². The minimum absolute atomic E-state index is 0.0581. The van der Waals surface area contributed by atoms with Crippen LogP contribution in [0.15, 0.2) is 23.4 Å². The fourth-order valence-corrected chi connectivity index (χ4v) is 4.09. The highest BCUT2D eigenvalue weighted by Gasteiger charge is 2.20. The largest absolute Gasteiger partial charge is 0.326 e. The Morgan fingerprint density at radius 1 is 1.50 bits per heavy atom. The third-order valence-corrected chi connectivity index (χ3v) is 5.57. The van der Waals surface area contributed by atoms with Crippen LogP contribution in [-0.4, -0.2) is 30.9 Å². The van der Waals surface area contributed by atoms with Crippen molar-refractivity contribution in [3.05, 3.63) is 23.9 Å². The van der Waals surface area contributed by atoms with E-state index in [1.807, 2.05) is 11.8 Å². The monoisotopic (exact) mass is 287 g/mol. The molecule has 0 aliphatic carbocycles. The van der Waals surface area contributed by atoms with Crippen LogP contribution >= 0.6 is 11.8 Å². The lowest BCUT2D eigenvalue weighted by molar-refractivity contribution is 0.575. The smallest absolute Gasteiger partial charge is 0.258 e. The average molecular weight is 287 g/mol. The number of rotatable bonds is 5. The molecule has 1 aromatic heterocycles. The number of nitrogens with two attached hydrogens (primary N) is 1. The highest BCUT2D eigenvalue weighted by atomic mass is 32.2. The summed E-state index contributed by atoms with van der Waals surface area (Å²) in [5.74, 6) is 1.12. The highest BCUT2D eigenvalue weighted by molar-refractivity contribution is 8.00. The van der Waals surface area contributed by atoms with E-state index in [0.29, 0.717) is 18.3 Å². The van der Waals surface area contributed by atoms with Crippen molar-refractivity contribution in [3.8, 4) is 0 Å². The summed E-state index contributed by atoms with van der Waals surface area (Å²) in [5, 5.41) is 0.450. The molecule has 1 fully saturated rings. The van der Waals surface area contributed by atoms with Gasteiger partial charge in [-0.25, -0.2) is 18.1 Å². The van der Waals surface area contributed by atoms with Crippen molar-refractivity contribution in [2.45, 2.75) is 29.7 Å². The summed E-state index contributed by atoms with van der Waals surface area (Å²) in [6, 6.07) is 3.18. The van der Waals surface area contributed by atoms with Crippen molar-refractivity contribution in [2.75, 3.05) is 12.3 Å². The molecular formula is C11H17N3O2S2. The summed E-state index contributed by atoms with van der Waals surface area (Å²) < 4.78 is 26.6. The van der Waals surface area contributed by atoms with Gasteiger partial charge in [0.05, 0.1) is 0 Å². The lowest BCUT2D eigenvalue weighted by Crippen LogP contribution is -2.30. The normalized spacial score (nSPS) is 20.2. The predicted molar refractivity (Wildman–Crippen MR) is 72.8 cm³/mol. The number of thioether (sulfide) groups is 1. The van der Waals surface area contributed by atoms with E-state index >= 15 is 0 Å². The van der Waals surface area contributed by atoms with Gasteiger partial charge < -0.3 is 5.73 Å². The van der Waals surface area contributed by atoms with Crippen LogP contribution in [0.5, 0.6) is 0 Å². The maximum Gasteiger partial charge on any atom is 0.258 e. The molecule has 1 atom stereocenters. The maximum absolute atomic E-state index is 12.0. The van der Waals surface area contributed by atoms with E-state index < -0.39 is 10.0 Å². The zero-order chi connectivity index (χ0) is 13.0. The quantitative estimate of drug-likeness (QED) is 0.833. The predicted octanol–water partition coefficient (Wildman–Crippen LogP) is 0.714. The number of hydrogen-bond donors (Lipinski definition) is 2. The molecule has 0 bridgehead atoms. The van der Waals surface area contributed by atoms with Gasteiger partial charge in [0, 0.05) is 24.5 Å². The van der Waals surface area contributed by atoms with Gasteiger partial charge in [0.1, 0.15) is 0 Å². The molecule has 0 aromatic carbocycles. The minimum Gasteiger partial charge on any atom is -0.326 e. The van der Waals surface area contributed by atoms with Crippen LogP contribution in [0.3, 0.4) is 0 Å². The molecule has 1 saturated heterocycles. The van der Waals surface area contributed by atoms with Crippen LogP contribution in [0.2, 0.25) is 0 Å². The molecule has 0 saturated carbocycles. The summed E-state index contributed by atoms with van der Waals surface area (Å²) in [5.41, 5.74) is 6.26. The Balaban J connectivity index is 2.00. The molecule has 2 rings (SSSR count). The second-order valence-electron chi connectivity index (χ2n) is 4.20. The van der Waals surface area contributed by atoms with Crippen molar-refractivity contribution in [3.63, 3.8) is 0 Å². The minimum atomic E-state index is -3.49. The first kappa shape index (κ1) is 13.8. The number of sulfonamides is 1. The molecule has 1 aliphatic heterocycles. The fourth-order valence-electron chi connectivity index (χ4n) is 1.77. The first-order valence-corrected chi connectivity index (χ1v) is 8.41. The van der Waals surface area contributed by atoms with Gasteiger partial charge >= 0.3 is 0 Å². The maximum atomic E-state index is 12.0. The molecule has 0 radical (unpaired) electrons. The first-order valence-electron chi connectivity index (χ1n) is 5.88. The molecule has 2 heterocycles. The summed E-state index contributed by atoms with van der Waals surface area (Å²) >= 11 is 1.82. The Morgan fingerprint density at radius 2 is 2.33 bits per heavy atom. The third kappa shape index (κ3) is 3.44. The van der Waals surface area contributed by atoms with Gasteiger partial charge in [-0.05, 0) is 30.2 Å². The zero-order valence-electron chi connectivity index (χ0n) is 10.0. The van der Waals surface area contributed by atoms with E-state index in [1.165, 1.54) is 18.7 Å². The first-order chi connectivity index (χ1) is 8.62. The van der Waals surface area contributed by atoms with E-state index in [0.717, 1.165) is 17.7 Å². The lowest BCUT2D eigenvalue weighted by Gasteiger charge is -2.10. The molecule has 7 heteroatoms. The highest BCUT2D eigenvalue weighted by Crippen LogP contribution is 2.25. The second-order valence-corrected chi connectivity index (χ2v) is 7.32. The van der Waals surface area contributed by atoms with Gasteiger partial charge in [-0.1, -0.05) is 6.07 Å². The zero-order valence-corrected chi connectivity index (χ0v) is 11.6. The van der Waals surface area contributed by atoms with E-state index in [2.05, 4.69) is 9.71 Å². The summed E-state index contributed by atoms with van der Waals surface area (Å²) in [6.45, 7) is 0.840. The van der Waals surface area contributed by atoms with Gasteiger partial charge in [-0.15, -0.1) is 0 Å². The van der Waals surface area contributed by atoms with Crippen LogP contribution in [0, 0.1) is 0 Å². The molecule has 100 valence electrons. The Kier molecular flexibility index (Phi) is 4.60. The molecular weight excluding hydrogens is 270 g/mol. The Labute approximate surface area is 112 Å². The summed E-state index contributed by atoms with van der Waals surface area (Å²) in [4.78, 5) is 3.93. The molecule has 1 unspecified atom stereocenters. The lowest BCUT2D eigenvalue weighted by atomic mass is 10.2. The van der Waals surface area contributed by atoms with Gasteiger partial charge in [0.2, 0.25) is 0 Å². The molecule has 3 N–H and O–H groups in total. The van der Waals surface area contributed by atoms with Gasteiger partial charge in [0.15, 0.2) is 5.03 Å². The number of aromatic nitrogens is 1. The second kappa shape index (κ2) is 6.01. The van der Waals surface area contributed by atoms with Gasteiger partial charge in [-0.2, -0.15) is 11.8 Å². The molecule has 0 amide bonds. The summed E-state index contributed by atoms with van der Waals surface area (Å²) in [6.07, 6.45) is 3.74. The standard InChI is InChI=1S/C11H17N3O2S2/c12-6-9-3-4-11(13-7-9)18(15,16)14-8-10-2-1-5-17-10/h3-4,7,10,14H,1-2,5-6,8,12H2. The van der Waals surface area contributed by atoms with Crippen LogP contribution in [0.1, 0.15) is 18.4 Å². The molecule has 18 heavy (non-hydrogen) atoms. The Hall–Kier alpha value is -0.630. The Morgan fingerprint density at radius 3 is 2.89 bits per heavy atom. The SMILES string of the molecule is NCc1ccc(S(=O)(=O)NCC2CCCS2)nc1. The van der Waals surface area contributed by atoms with Crippen LogP contribution in [0.25, 0.3) is 0 Å². The number of hydrogen-bond acceptors (Lipinski definition) is 5. The van der Waals surface area contributed by atoms with Crippen LogP contribution < -0.4 is 10.5 Å². The van der Waals surface area contributed by atoms with Crippen LogP contribution in [0.4, 0.5) is 0 Å². The molecule has 5 nitrogen and oxygen atoms in total. The van der Waals surface area contributed by atoms with Crippen molar-refractivity contribution in [1.82, 2.24) is 9.71 Å². The van der Waals surface area contributed by atoms with Crippen molar-refractivity contribution >= 4 is 21.8 Å². The van der Waals surface area contributed by atoms with E-state index in [4.69, 9.17) is 5.73 Å². The molecule has 1 aromatic rings. The van der Waals surface area contributed by atoms with Gasteiger partial charge in [-0.3, -0.25) is 0 Å². The van der Waals surface area contributed by atoms with Crippen LogP contribution in [-0.2, 0) is 16.6 Å². The third-order valence-electron chi connectivity index (χ3n) is 2.83. The fraction of sp³-hybridized carbons (Fsp3) is 0.545. The van der Waals surface area contributed by atoms with E-state index in [9.17, 15) is 8.42 Å².